The number of hydrogen-bond acceptors (Lipinski definition) is 2. The van der Waals surface area contributed by atoms with Crippen LogP contribution in [0.15, 0.2) is 30.3 Å². The van der Waals surface area contributed by atoms with Gasteiger partial charge in [-0.25, -0.2) is 4.79 Å². The molecule has 1 N–H and O–H groups in total. The van der Waals surface area contributed by atoms with Crippen molar-refractivity contribution < 1.29 is 9.90 Å². The average molecular weight is 283 g/mol. The quantitative estimate of drug-likeness (QED) is 0.890. The van der Waals surface area contributed by atoms with Gasteiger partial charge in [0.2, 0.25) is 0 Å². The molecule has 1 aromatic heterocycles. The summed E-state index contributed by atoms with van der Waals surface area (Å²) in [6.45, 7) is 10.0. The minimum absolute atomic E-state index is 0.274. The Labute approximate surface area is 125 Å². The summed E-state index contributed by atoms with van der Waals surface area (Å²) in [4.78, 5) is 16.0. The van der Waals surface area contributed by atoms with E-state index in [0.717, 1.165) is 11.3 Å². The van der Waals surface area contributed by atoms with Gasteiger partial charge in [0.1, 0.15) is 0 Å². The first-order valence-corrected chi connectivity index (χ1v) is 7.02. The summed E-state index contributed by atoms with van der Waals surface area (Å²) in [6, 6.07) is 9.69. The lowest BCUT2D eigenvalue weighted by Crippen LogP contribution is -2.19. The molecule has 1 heterocycles. The van der Waals surface area contributed by atoms with Gasteiger partial charge in [-0.05, 0) is 38.1 Å². The number of rotatable bonds is 2. The van der Waals surface area contributed by atoms with Crippen molar-refractivity contribution in [1.29, 1.82) is 0 Å². The largest absolute Gasteiger partial charge is 0.478 e. The first kappa shape index (κ1) is 15.2. The minimum Gasteiger partial charge on any atom is -0.478 e. The lowest BCUT2D eigenvalue weighted by Gasteiger charge is -2.21. The Balaban J connectivity index is 2.64. The molecule has 0 aliphatic rings. The number of aromatic nitrogens is 1. The number of nitrogens with zero attached hydrogens (tertiary/aromatic N) is 1. The summed E-state index contributed by atoms with van der Waals surface area (Å²) >= 11 is 0. The van der Waals surface area contributed by atoms with Crippen LogP contribution in [0.25, 0.3) is 11.3 Å². The maximum Gasteiger partial charge on any atom is 0.337 e. The Bertz CT molecular complexity index is 677. The van der Waals surface area contributed by atoms with Gasteiger partial charge in [0.05, 0.1) is 17.0 Å². The lowest BCUT2D eigenvalue weighted by molar-refractivity contribution is 0.0693. The number of aryl methyl sites for hydroxylation is 2. The Hall–Kier alpha value is -2.16. The number of benzene rings is 1. The van der Waals surface area contributed by atoms with Crippen LogP contribution in [0, 0.1) is 13.8 Å². The molecule has 0 amide bonds. The Kier molecular flexibility index (Phi) is 3.86. The van der Waals surface area contributed by atoms with Crippen molar-refractivity contribution in [3.05, 3.63) is 52.7 Å². The molecule has 21 heavy (non-hydrogen) atoms. The van der Waals surface area contributed by atoms with Gasteiger partial charge < -0.3 is 5.11 Å². The SMILES string of the molecule is Cc1cc(C)cc(-c2ccc(C(=O)O)c(C(C)(C)C)n2)c1. The maximum absolute atomic E-state index is 11.4. The molecule has 3 nitrogen and oxygen atoms in total. The van der Waals surface area contributed by atoms with Gasteiger partial charge in [-0.15, -0.1) is 0 Å². The van der Waals surface area contributed by atoms with Crippen LogP contribution in [0.3, 0.4) is 0 Å². The monoisotopic (exact) mass is 283 g/mol. The zero-order valence-electron chi connectivity index (χ0n) is 13.2. The van der Waals surface area contributed by atoms with Crippen LogP contribution in [0.2, 0.25) is 0 Å². The second-order valence-corrected chi connectivity index (χ2v) is 6.52. The Morgan fingerprint density at radius 1 is 1.05 bits per heavy atom. The summed E-state index contributed by atoms with van der Waals surface area (Å²) in [5.74, 6) is -0.931. The highest BCUT2D eigenvalue weighted by atomic mass is 16.4. The molecule has 0 aliphatic carbocycles. The minimum atomic E-state index is -0.931. The predicted molar refractivity (Wildman–Crippen MR) is 84.8 cm³/mol. The van der Waals surface area contributed by atoms with E-state index in [4.69, 9.17) is 0 Å². The van der Waals surface area contributed by atoms with Crippen LogP contribution >= 0.6 is 0 Å². The van der Waals surface area contributed by atoms with E-state index in [9.17, 15) is 9.90 Å². The molecular weight excluding hydrogens is 262 g/mol. The van der Waals surface area contributed by atoms with E-state index >= 15 is 0 Å². The maximum atomic E-state index is 11.4. The molecule has 1 aromatic carbocycles. The van der Waals surface area contributed by atoms with Crippen LogP contribution in [0.1, 0.15) is 48.0 Å². The third kappa shape index (κ3) is 3.30. The van der Waals surface area contributed by atoms with Crippen LogP contribution in [-0.4, -0.2) is 16.1 Å². The number of carboxylic acids is 1. The fourth-order valence-electron chi connectivity index (χ4n) is 2.49. The summed E-state index contributed by atoms with van der Waals surface area (Å²) < 4.78 is 0. The molecule has 0 fully saturated rings. The number of carbonyl (C=O) groups is 1. The van der Waals surface area contributed by atoms with Crippen molar-refractivity contribution in [1.82, 2.24) is 4.98 Å². The Morgan fingerprint density at radius 3 is 2.10 bits per heavy atom. The zero-order valence-corrected chi connectivity index (χ0v) is 13.2. The Morgan fingerprint density at radius 2 is 1.62 bits per heavy atom. The second kappa shape index (κ2) is 5.32. The van der Waals surface area contributed by atoms with E-state index in [-0.39, 0.29) is 11.0 Å². The second-order valence-electron chi connectivity index (χ2n) is 6.52. The van der Waals surface area contributed by atoms with E-state index in [1.165, 1.54) is 11.1 Å². The van der Waals surface area contributed by atoms with Crippen molar-refractivity contribution in [2.24, 2.45) is 0 Å². The van der Waals surface area contributed by atoms with Crippen molar-refractivity contribution in [2.45, 2.75) is 40.0 Å². The van der Waals surface area contributed by atoms with E-state index in [1.807, 2.05) is 34.6 Å². The van der Waals surface area contributed by atoms with Gasteiger partial charge in [0.25, 0.3) is 0 Å². The first-order chi connectivity index (χ1) is 9.68. The fraction of sp³-hybridized carbons (Fsp3) is 0.333. The van der Waals surface area contributed by atoms with E-state index in [2.05, 4.69) is 23.2 Å². The number of pyridine rings is 1. The van der Waals surface area contributed by atoms with E-state index < -0.39 is 5.97 Å². The molecule has 2 aromatic rings. The molecule has 0 spiro atoms. The van der Waals surface area contributed by atoms with Gasteiger partial charge in [-0.2, -0.15) is 0 Å². The highest BCUT2D eigenvalue weighted by Crippen LogP contribution is 2.28. The molecule has 0 atom stereocenters. The molecule has 0 unspecified atom stereocenters. The molecular formula is C18H21NO2. The molecule has 0 radical (unpaired) electrons. The molecule has 110 valence electrons. The molecule has 0 aliphatic heterocycles. The van der Waals surface area contributed by atoms with E-state index in [1.54, 1.807) is 12.1 Å². The first-order valence-electron chi connectivity index (χ1n) is 7.02. The molecule has 0 saturated carbocycles. The van der Waals surface area contributed by atoms with Crippen LogP contribution in [-0.2, 0) is 5.41 Å². The van der Waals surface area contributed by atoms with Gasteiger partial charge in [-0.1, -0.05) is 38.0 Å². The lowest BCUT2D eigenvalue weighted by atomic mass is 9.87. The van der Waals surface area contributed by atoms with Crippen LogP contribution in [0.5, 0.6) is 0 Å². The van der Waals surface area contributed by atoms with Gasteiger partial charge in [0, 0.05) is 11.0 Å². The molecule has 0 bridgehead atoms. The summed E-state index contributed by atoms with van der Waals surface area (Å²) in [7, 11) is 0. The topological polar surface area (TPSA) is 50.2 Å². The third-order valence-electron chi connectivity index (χ3n) is 3.35. The predicted octanol–water partition coefficient (Wildman–Crippen LogP) is 4.36. The van der Waals surface area contributed by atoms with Crippen molar-refractivity contribution >= 4 is 5.97 Å². The summed E-state index contributed by atoms with van der Waals surface area (Å²) in [6.07, 6.45) is 0. The number of hydrogen-bond donors (Lipinski definition) is 1. The van der Waals surface area contributed by atoms with Gasteiger partial charge in [0.15, 0.2) is 0 Å². The standard InChI is InChI=1S/C18H21NO2/c1-11-8-12(2)10-13(9-11)15-7-6-14(17(20)21)16(19-15)18(3,4)5/h6-10H,1-5H3,(H,20,21). The number of carboxylic acid groups (broad SMARTS) is 1. The molecule has 2 rings (SSSR count). The van der Waals surface area contributed by atoms with Crippen molar-refractivity contribution in [3.63, 3.8) is 0 Å². The molecule has 0 saturated heterocycles. The van der Waals surface area contributed by atoms with Crippen molar-refractivity contribution in [3.8, 4) is 11.3 Å². The van der Waals surface area contributed by atoms with E-state index in [0.29, 0.717) is 5.69 Å². The van der Waals surface area contributed by atoms with Gasteiger partial charge in [-0.3, -0.25) is 4.98 Å². The third-order valence-corrected chi connectivity index (χ3v) is 3.35. The van der Waals surface area contributed by atoms with Crippen LogP contribution in [0.4, 0.5) is 0 Å². The normalized spacial score (nSPS) is 11.5. The summed E-state index contributed by atoms with van der Waals surface area (Å²) in [5.41, 5.74) is 4.76. The van der Waals surface area contributed by atoms with Crippen LogP contribution < -0.4 is 0 Å². The zero-order chi connectivity index (χ0) is 15.8. The van der Waals surface area contributed by atoms with Gasteiger partial charge >= 0.3 is 5.97 Å². The summed E-state index contributed by atoms with van der Waals surface area (Å²) in [5, 5.41) is 9.34. The number of aromatic carboxylic acids is 1. The van der Waals surface area contributed by atoms with Crippen molar-refractivity contribution in [2.75, 3.05) is 0 Å². The molecule has 3 heteroatoms. The highest BCUT2D eigenvalue weighted by molar-refractivity contribution is 5.89. The average Bonchev–Trinajstić information content (AvgIpc) is 2.35. The highest BCUT2D eigenvalue weighted by Gasteiger charge is 2.24. The smallest absolute Gasteiger partial charge is 0.337 e. The fourth-order valence-corrected chi connectivity index (χ4v) is 2.49.